The number of carbonyl (C=O) groups excluding carboxylic acids is 1. The summed E-state index contributed by atoms with van der Waals surface area (Å²) in [7, 11) is 0. The van der Waals surface area contributed by atoms with Gasteiger partial charge in [0, 0.05) is 18.8 Å². The van der Waals surface area contributed by atoms with Crippen molar-refractivity contribution in [3.63, 3.8) is 0 Å². The first-order chi connectivity index (χ1) is 16.1. The van der Waals surface area contributed by atoms with Gasteiger partial charge < -0.3 is 9.64 Å². The summed E-state index contributed by atoms with van der Waals surface area (Å²) in [5.41, 5.74) is 5.51. The van der Waals surface area contributed by atoms with Crippen molar-refractivity contribution in [1.29, 1.82) is 0 Å². The highest BCUT2D eigenvalue weighted by molar-refractivity contribution is 5.47. The number of likely N-dealkylation sites (tertiary alicyclic amines) is 1. The zero-order valence-corrected chi connectivity index (χ0v) is 19.3. The molecular formula is C29H30N2O2. The molecule has 0 aliphatic carbocycles. The van der Waals surface area contributed by atoms with Crippen molar-refractivity contribution in [3.8, 4) is 17.6 Å². The lowest BCUT2D eigenvalue weighted by Crippen LogP contribution is -2.29. The van der Waals surface area contributed by atoms with Crippen molar-refractivity contribution in [1.82, 2.24) is 9.88 Å². The van der Waals surface area contributed by atoms with Gasteiger partial charge in [0.15, 0.2) is 0 Å². The molecule has 4 rings (SSSR count). The second-order valence-corrected chi connectivity index (χ2v) is 7.97. The molecule has 0 spiro atoms. The Labute approximate surface area is 196 Å². The Hall–Kier alpha value is -3.84. The lowest BCUT2D eigenvalue weighted by Gasteiger charge is -2.23. The molecule has 1 fully saturated rings. The Morgan fingerprint density at radius 2 is 1.73 bits per heavy atom. The third-order valence-electron chi connectivity index (χ3n) is 5.19. The lowest BCUT2D eigenvalue weighted by atomic mass is 10.0. The van der Waals surface area contributed by atoms with E-state index in [2.05, 4.69) is 41.9 Å². The maximum atomic E-state index is 10.6. The summed E-state index contributed by atoms with van der Waals surface area (Å²) >= 11 is 0. The molecule has 3 aromatic rings. The summed E-state index contributed by atoms with van der Waals surface area (Å²) in [6.07, 6.45) is 4.73. The van der Waals surface area contributed by atoms with E-state index < -0.39 is 0 Å². The third-order valence-corrected chi connectivity index (χ3v) is 5.19. The predicted octanol–water partition coefficient (Wildman–Crippen LogP) is 5.49. The molecule has 1 aliphatic heterocycles. The summed E-state index contributed by atoms with van der Waals surface area (Å²) in [6.45, 7) is 6.26. The smallest absolute Gasteiger partial charge is 0.209 e. The predicted molar refractivity (Wildman–Crippen MR) is 133 cm³/mol. The molecule has 4 heteroatoms. The first kappa shape index (κ1) is 23.8. The molecule has 0 radical (unpaired) electrons. The van der Waals surface area contributed by atoms with E-state index in [1.54, 1.807) is 4.90 Å². The quantitative estimate of drug-likeness (QED) is 0.399. The van der Waals surface area contributed by atoms with Crippen LogP contribution in [0.25, 0.3) is 0 Å². The number of hydrogen-bond acceptors (Lipinski definition) is 3. The van der Waals surface area contributed by atoms with Crippen LogP contribution in [0.4, 0.5) is 0 Å². The van der Waals surface area contributed by atoms with E-state index in [1.165, 1.54) is 16.7 Å². The second kappa shape index (κ2) is 12.9. The number of hydrogen-bond donors (Lipinski definition) is 0. The Bertz CT molecular complexity index is 1120. The molecular weight excluding hydrogens is 408 g/mol. The van der Waals surface area contributed by atoms with Crippen LogP contribution in [0, 0.1) is 25.7 Å². The maximum Gasteiger partial charge on any atom is 0.209 e. The van der Waals surface area contributed by atoms with Crippen LogP contribution in [0.15, 0.2) is 84.4 Å². The van der Waals surface area contributed by atoms with Gasteiger partial charge in [-0.1, -0.05) is 60.0 Å². The van der Waals surface area contributed by atoms with Crippen molar-refractivity contribution in [2.24, 2.45) is 0 Å². The van der Waals surface area contributed by atoms with Crippen LogP contribution >= 0.6 is 0 Å². The van der Waals surface area contributed by atoms with Crippen LogP contribution < -0.4 is 4.74 Å². The Balaban J connectivity index is 0.000000189. The van der Waals surface area contributed by atoms with Gasteiger partial charge in [-0.2, -0.15) is 0 Å². The van der Waals surface area contributed by atoms with E-state index >= 15 is 0 Å². The molecule has 33 heavy (non-hydrogen) atoms. The fraction of sp³-hybridized carbons (Fsp3) is 0.241. The van der Waals surface area contributed by atoms with Crippen molar-refractivity contribution in [3.05, 3.63) is 107 Å². The second-order valence-electron chi connectivity index (χ2n) is 7.97. The van der Waals surface area contributed by atoms with Gasteiger partial charge in [0.05, 0.1) is 0 Å². The first-order valence-electron chi connectivity index (χ1n) is 11.2. The number of benzene rings is 2. The standard InChI is InChI=1S/C15H16N2O.C14H14O/c1-13-4-2-6-15(16-13)7-3-5-14-8-10-17(12-18)11-9-14;1-12-6-5-9-14(10-12)15-11-13-7-3-2-4-8-13/h2,4-6,12H,8-11H2,1H3;2-10H,11H2,1H3. The molecule has 2 heterocycles. The van der Waals surface area contributed by atoms with Crippen LogP contribution in [0.1, 0.15) is 35.4 Å². The number of nitrogens with zero attached hydrogens (tertiary/aromatic N) is 2. The van der Waals surface area contributed by atoms with E-state index in [0.717, 1.165) is 49.5 Å². The van der Waals surface area contributed by atoms with Gasteiger partial charge in [-0.05, 0) is 74.1 Å². The van der Waals surface area contributed by atoms with Crippen LogP contribution in [0.3, 0.4) is 0 Å². The average molecular weight is 439 g/mol. The van der Waals surface area contributed by atoms with E-state index in [4.69, 9.17) is 4.74 Å². The summed E-state index contributed by atoms with van der Waals surface area (Å²) in [5, 5.41) is 0. The highest BCUT2D eigenvalue weighted by Crippen LogP contribution is 2.15. The Morgan fingerprint density at radius 3 is 2.42 bits per heavy atom. The fourth-order valence-electron chi connectivity index (χ4n) is 3.33. The highest BCUT2D eigenvalue weighted by atomic mass is 16.5. The summed E-state index contributed by atoms with van der Waals surface area (Å²) in [5.74, 6) is 7.02. The van der Waals surface area contributed by atoms with Gasteiger partial charge in [0.1, 0.15) is 18.1 Å². The highest BCUT2D eigenvalue weighted by Gasteiger charge is 2.10. The Kier molecular flexibility index (Phi) is 9.29. The van der Waals surface area contributed by atoms with Crippen molar-refractivity contribution >= 4 is 6.41 Å². The van der Waals surface area contributed by atoms with Crippen molar-refractivity contribution < 1.29 is 9.53 Å². The van der Waals surface area contributed by atoms with Gasteiger partial charge in [-0.3, -0.25) is 4.79 Å². The first-order valence-corrected chi connectivity index (χ1v) is 11.2. The van der Waals surface area contributed by atoms with Crippen molar-refractivity contribution in [2.75, 3.05) is 13.1 Å². The molecule has 1 aromatic heterocycles. The summed E-state index contributed by atoms with van der Waals surface area (Å²) in [6, 6.07) is 24.1. The molecule has 0 atom stereocenters. The number of aryl methyl sites for hydroxylation is 2. The zero-order chi connectivity index (χ0) is 23.3. The molecule has 4 nitrogen and oxygen atoms in total. The number of rotatable bonds is 4. The number of amides is 1. The Morgan fingerprint density at radius 1 is 0.970 bits per heavy atom. The minimum atomic E-state index is 0.629. The van der Waals surface area contributed by atoms with Gasteiger partial charge in [-0.15, -0.1) is 0 Å². The molecule has 1 aliphatic rings. The normalized spacial score (nSPS) is 12.5. The monoisotopic (exact) mass is 438 g/mol. The van der Waals surface area contributed by atoms with Gasteiger partial charge >= 0.3 is 0 Å². The summed E-state index contributed by atoms with van der Waals surface area (Å²) < 4.78 is 5.67. The number of pyridine rings is 1. The van der Waals surface area contributed by atoms with Crippen LogP contribution in [-0.2, 0) is 11.4 Å². The number of piperidine rings is 1. The molecule has 0 N–H and O–H groups in total. The van der Waals surface area contributed by atoms with Crippen LogP contribution in [0.2, 0.25) is 0 Å². The van der Waals surface area contributed by atoms with E-state index in [0.29, 0.717) is 6.61 Å². The number of ether oxygens (including phenoxy) is 1. The number of allylic oxidation sites excluding steroid dienone is 1. The zero-order valence-electron chi connectivity index (χ0n) is 19.3. The molecule has 0 unspecified atom stereocenters. The largest absolute Gasteiger partial charge is 0.489 e. The minimum absolute atomic E-state index is 0.629. The van der Waals surface area contributed by atoms with Gasteiger partial charge in [0.25, 0.3) is 0 Å². The van der Waals surface area contributed by atoms with E-state index in [-0.39, 0.29) is 0 Å². The van der Waals surface area contributed by atoms with Crippen LogP contribution in [-0.4, -0.2) is 29.4 Å². The fourth-order valence-corrected chi connectivity index (χ4v) is 3.33. The number of carbonyl (C=O) groups is 1. The molecule has 2 aromatic carbocycles. The molecule has 1 saturated heterocycles. The minimum Gasteiger partial charge on any atom is -0.489 e. The van der Waals surface area contributed by atoms with Crippen LogP contribution in [0.5, 0.6) is 5.75 Å². The van der Waals surface area contributed by atoms with Gasteiger partial charge in [-0.25, -0.2) is 4.98 Å². The molecule has 0 bridgehead atoms. The molecule has 168 valence electrons. The average Bonchev–Trinajstić information content (AvgIpc) is 2.84. The molecule has 0 saturated carbocycles. The van der Waals surface area contributed by atoms with Gasteiger partial charge in [0.2, 0.25) is 6.41 Å². The molecule has 1 amide bonds. The van der Waals surface area contributed by atoms with Crippen molar-refractivity contribution in [2.45, 2.75) is 33.3 Å². The van der Waals surface area contributed by atoms with E-state index in [1.807, 2.05) is 67.6 Å². The SMILES string of the molecule is Cc1cccc(C#CC=C2CCN(C=O)CC2)n1.Cc1cccc(OCc2ccccc2)c1. The van der Waals surface area contributed by atoms with E-state index in [9.17, 15) is 4.79 Å². The third kappa shape index (κ3) is 8.66. The number of aromatic nitrogens is 1. The summed E-state index contributed by atoms with van der Waals surface area (Å²) in [4.78, 5) is 16.7. The topological polar surface area (TPSA) is 42.4 Å². The maximum absolute atomic E-state index is 10.6. The lowest BCUT2D eigenvalue weighted by molar-refractivity contribution is -0.118.